The Balaban J connectivity index is 1.73. The van der Waals surface area contributed by atoms with E-state index in [0.29, 0.717) is 18.8 Å². The van der Waals surface area contributed by atoms with Gasteiger partial charge in [0, 0.05) is 11.9 Å². The van der Waals surface area contributed by atoms with E-state index in [4.69, 9.17) is 9.15 Å². The normalized spacial score (nSPS) is 12.1. The Bertz CT molecular complexity index is 1110. The van der Waals surface area contributed by atoms with Crippen LogP contribution in [-0.2, 0) is 13.1 Å². The Kier molecular flexibility index (Phi) is 5.89. The molecule has 0 radical (unpaired) electrons. The number of amides is 1. The highest BCUT2D eigenvalue weighted by molar-refractivity contribution is 6.00. The van der Waals surface area contributed by atoms with Crippen LogP contribution in [0.15, 0.2) is 77.4 Å². The monoisotopic (exact) mass is 402 g/mol. The molecule has 0 saturated carbocycles. The smallest absolute Gasteiger partial charge is 0.268 e. The van der Waals surface area contributed by atoms with Crippen LogP contribution >= 0.6 is 0 Å². The Hall–Kier alpha value is -3.47. The topological polar surface area (TPSA) is 56.4 Å². The average Bonchev–Trinajstić information content (AvgIpc) is 3.42. The van der Waals surface area contributed by atoms with Gasteiger partial charge in [0.05, 0.1) is 24.4 Å². The van der Waals surface area contributed by atoms with Crippen molar-refractivity contribution in [3.63, 3.8) is 0 Å². The third-order valence-electron chi connectivity index (χ3n) is 5.23. The predicted molar refractivity (Wildman–Crippen MR) is 118 cm³/mol. The first-order chi connectivity index (χ1) is 14.7. The van der Waals surface area contributed by atoms with Crippen LogP contribution in [0.5, 0.6) is 5.75 Å². The summed E-state index contributed by atoms with van der Waals surface area (Å²) < 4.78 is 13.5. The Morgan fingerprint density at radius 2 is 1.93 bits per heavy atom. The molecular formula is C25H26N2O3. The van der Waals surface area contributed by atoms with E-state index in [1.165, 1.54) is 0 Å². The van der Waals surface area contributed by atoms with E-state index in [0.717, 1.165) is 34.4 Å². The minimum Gasteiger partial charge on any atom is -0.490 e. The molecule has 0 saturated heterocycles. The molecule has 2 heterocycles. The van der Waals surface area contributed by atoms with Crippen LogP contribution in [0.4, 0.5) is 0 Å². The van der Waals surface area contributed by atoms with E-state index in [1.54, 1.807) is 6.26 Å². The van der Waals surface area contributed by atoms with Crippen LogP contribution in [0.25, 0.3) is 10.9 Å². The molecule has 0 aliphatic rings. The molecule has 4 aromatic rings. The van der Waals surface area contributed by atoms with Crippen molar-refractivity contribution in [2.24, 2.45) is 0 Å². The number of hydrogen-bond acceptors (Lipinski definition) is 3. The van der Waals surface area contributed by atoms with E-state index in [1.807, 2.05) is 59.2 Å². The average molecular weight is 402 g/mol. The van der Waals surface area contributed by atoms with Gasteiger partial charge in [-0.2, -0.15) is 0 Å². The Morgan fingerprint density at radius 3 is 2.67 bits per heavy atom. The summed E-state index contributed by atoms with van der Waals surface area (Å²) in [5.41, 5.74) is 2.70. The maximum Gasteiger partial charge on any atom is 0.268 e. The number of fused-ring (bicyclic) bond motifs is 1. The predicted octanol–water partition coefficient (Wildman–Crippen LogP) is 5.39. The molecule has 154 valence electrons. The van der Waals surface area contributed by atoms with Gasteiger partial charge < -0.3 is 19.0 Å². The molecule has 1 N–H and O–H groups in total. The number of nitrogens with one attached hydrogen (secondary N) is 1. The molecule has 0 aliphatic heterocycles. The molecule has 0 bridgehead atoms. The molecule has 5 heteroatoms. The molecule has 0 aliphatic carbocycles. The van der Waals surface area contributed by atoms with Gasteiger partial charge in [-0.15, -0.1) is 0 Å². The zero-order valence-corrected chi connectivity index (χ0v) is 17.3. The summed E-state index contributed by atoms with van der Waals surface area (Å²) in [7, 11) is 0. The summed E-state index contributed by atoms with van der Waals surface area (Å²) in [6.07, 6.45) is 2.62. The van der Waals surface area contributed by atoms with Crippen molar-refractivity contribution in [2.45, 2.75) is 39.5 Å². The van der Waals surface area contributed by atoms with Gasteiger partial charge in [-0.3, -0.25) is 4.79 Å². The van der Waals surface area contributed by atoms with E-state index >= 15 is 0 Å². The molecule has 2 aromatic heterocycles. The second kappa shape index (κ2) is 8.91. The van der Waals surface area contributed by atoms with E-state index < -0.39 is 0 Å². The Morgan fingerprint density at radius 1 is 1.10 bits per heavy atom. The molecule has 1 atom stereocenters. The first kappa shape index (κ1) is 19.8. The first-order valence-electron chi connectivity index (χ1n) is 10.3. The number of ether oxygens (including phenoxy) is 1. The van der Waals surface area contributed by atoms with Gasteiger partial charge in [0.2, 0.25) is 0 Å². The van der Waals surface area contributed by atoms with Crippen LogP contribution in [0.2, 0.25) is 0 Å². The largest absolute Gasteiger partial charge is 0.490 e. The van der Waals surface area contributed by atoms with E-state index in [2.05, 4.69) is 31.3 Å². The summed E-state index contributed by atoms with van der Waals surface area (Å²) in [6.45, 7) is 5.09. The van der Waals surface area contributed by atoms with Gasteiger partial charge in [-0.1, -0.05) is 43.3 Å². The van der Waals surface area contributed by atoms with Crippen molar-refractivity contribution in [3.8, 4) is 5.75 Å². The third kappa shape index (κ3) is 4.25. The van der Waals surface area contributed by atoms with Gasteiger partial charge in [0.1, 0.15) is 17.2 Å². The van der Waals surface area contributed by atoms with Crippen LogP contribution in [-0.4, -0.2) is 16.6 Å². The Labute approximate surface area is 176 Å². The fourth-order valence-electron chi connectivity index (χ4n) is 3.46. The standard InChI is InChI=1S/C25H26N2O3/c1-3-18(2)30-24-13-7-12-22-21(24)15-23(25(28)26-16-20-11-8-14-29-20)27(22)17-19-9-5-4-6-10-19/h4-15,18H,3,16-17H2,1-2H3,(H,26,28)/t18-/m0/s1. The number of benzene rings is 2. The summed E-state index contributed by atoms with van der Waals surface area (Å²) in [6, 6.07) is 21.7. The molecule has 1 amide bonds. The highest BCUT2D eigenvalue weighted by Crippen LogP contribution is 2.31. The van der Waals surface area contributed by atoms with Gasteiger partial charge in [-0.05, 0) is 49.2 Å². The number of rotatable bonds is 8. The number of furan rings is 1. The SMILES string of the molecule is CC[C@H](C)Oc1cccc2c1cc(C(=O)NCc1ccco1)n2Cc1ccccc1. The molecular weight excluding hydrogens is 376 g/mol. The summed E-state index contributed by atoms with van der Waals surface area (Å²) in [5, 5.41) is 3.91. The number of nitrogens with zero attached hydrogens (tertiary/aromatic N) is 1. The van der Waals surface area contributed by atoms with Crippen molar-refractivity contribution in [1.29, 1.82) is 0 Å². The van der Waals surface area contributed by atoms with E-state index in [9.17, 15) is 4.79 Å². The first-order valence-corrected chi connectivity index (χ1v) is 10.3. The van der Waals surface area contributed by atoms with Gasteiger partial charge in [-0.25, -0.2) is 0 Å². The van der Waals surface area contributed by atoms with Gasteiger partial charge in [0.15, 0.2) is 0 Å². The molecule has 2 aromatic carbocycles. The second-order valence-corrected chi connectivity index (χ2v) is 7.39. The molecule has 4 rings (SSSR count). The van der Waals surface area contributed by atoms with Crippen LogP contribution < -0.4 is 10.1 Å². The fraction of sp³-hybridized carbons (Fsp3) is 0.240. The minimum absolute atomic E-state index is 0.101. The maximum absolute atomic E-state index is 13.1. The van der Waals surface area contributed by atoms with Crippen molar-refractivity contribution in [2.75, 3.05) is 0 Å². The fourth-order valence-corrected chi connectivity index (χ4v) is 3.46. The highest BCUT2D eigenvalue weighted by atomic mass is 16.5. The lowest BCUT2D eigenvalue weighted by Crippen LogP contribution is -2.25. The summed E-state index contributed by atoms with van der Waals surface area (Å²) >= 11 is 0. The van der Waals surface area contributed by atoms with Crippen molar-refractivity contribution >= 4 is 16.8 Å². The lowest BCUT2D eigenvalue weighted by Gasteiger charge is -2.14. The highest BCUT2D eigenvalue weighted by Gasteiger charge is 2.19. The van der Waals surface area contributed by atoms with Crippen LogP contribution in [0.1, 0.15) is 42.1 Å². The molecule has 0 unspecified atom stereocenters. The lowest BCUT2D eigenvalue weighted by molar-refractivity contribution is 0.0939. The second-order valence-electron chi connectivity index (χ2n) is 7.39. The zero-order chi connectivity index (χ0) is 20.9. The summed E-state index contributed by atoms with van der Waals surface area (Å²) in [4.78, 5) is 13.1. The van der Waals surface area contributed by atoms with Crippen molar-refractivity contribution in [1.82, 2.24) is 9.88 Å². The number of aromatic nitrogens is 1. The number of carbonyl (C=O) groups excluding carboxylic acids is 1. The van der Waals surface area contributed by atoms with E-state index in [-0.39, 0.29) is 12.0 Å². The quantitative estimate of drug-likeness (QED) is 0.430. The van der Waals surface area contributed by atoms with Gasteiger partial charge in [0.25, 0.3) is 5.91 Å². The summed E-state index contributed by atoms with van der Waals surface area (Å²) in [5.74, 6) is 1.37. The van der Waals surface area contributed by atoms with Gasteiger partial charge >= 0.3 is 0 Å². The third-order valence-corrected chi connectivity index (χ3v) is 5.23. The molecule has 0 fully saturated rings. The number of hydrogen-bond donors (Lipinski definition) is 1. The van der Waals surface area contributed by atoms with Crippen LogP contribution in [0.3, 0.4) is 0 Å². The lowest BCUT2D eigenvalue weighted by atomic mass is 10.2. The maximum atomic E-state index is 13.1. The minimum atomic E-state index is -0.145. The molecule has 30 heavy (non-hydrogen) atoms. The van der Waals surface area contributed by atoms with Crippen LogP contribution in [0, 0.1) is 0 Å². The van der Waals surface area contributed by atoms with Crippen molar-refractivity contribution in [3.05, 3.63) is 90.0 Å². The molecule has 0 spiro atoms. The van der Waals surface area contributed by atoms with Crippen molar-refractivity contribution < 1.29 is 13.9 Å². The zero-order valence-electron chi connectivity index (χ0n) is 17.3. The molecule has 5 nitrogen and oxygen atoms in total. The number of carbonyl (C=O) groups is 1.